The van der Waals surface area contributed by atoms with Gasteiger partial charge < -0.3 is 5.11 Å². The Bertz CT molecular complexity index is 193. The lowest BCUT2D eigenvalue weighted by Gasteiger charge is -2.05. The molecule has 1 N–H and O–H groups in total. The molecule has 0 aromatic heterocycles. The van der Waals surface area contributed by atoms with E-state index in [1.165, 1.54) is 38.5 Å². The minimum atomic E-state index is -0.167. The van der Waals surface area contributed by atoms with Crippen LogP contribution in [0.15, 0.2) is 0 Å². The highest BCUT2D eigenvalue weighted by Gasteiger charge is 2.64. The van der Waals surface area contributed by atoms with Crippen LogP contribution in [0.1, 0.15) is 51.4 Å². The monoisotopic (exact) mass is 180 g/mol. The lowest BCUT2D eigenvalue weighted by atomic mass is 10.0. The predicted molar refractivity (Wildman–Crippen MR) is 52.4 cm³/mol. The van der Waals surface area contributed by atoms with Crippen molar-refractivity contribution < 1.29 is 5.11 Å². The first-order chi connectivity index (χ1) is 6.31. The summed E-state index contributed by atoms with van der Waals surface area (Å²) in [5.41, 5.74) is -0.167. The average molecular weight is 180 g/mol. The lowest BCUT2D eigenvalue weighted by Crippen LogP contribution is -2.12. The second-order valence-corrected chi connectivity index (χ2v) is 5.45. The van der Waals surface area contributed by atoms with Crippen LogP contribution in [0.5, 0.6) is 0 Å². The highest BCUT2D eigenvalue weighted by Crippen LogP contribution is 2.64. The summed E-state index contributed by atoms with van der Waals surface area (Å²) in [7, 11) is 0. The maximum Gasteiger partial charge on any atom is 0.0683 e. The van der Waals surface area contributed by atoms with Crippen molar-refractivity contribution in [3.63, 3.8) is 0 Å². The molecule has 3 aliphatic carbocycles. The Kier molecular flexibility index (Phi) is 1.74. The maximum absolute atomic E-state index is 10.1. The molecule has 13 heavy (non-hydrogen) atoms. The zero-order valence-electron chi connectivity index (χ0n) is 8.34. The van der Waals surface area contributed by atoms with Gasteiger partial charge in [0.25, 0.3) is 0 Å². The SMILES string of the molecule is OC1(C2[C@H]3CCCCCC[C@@H]23)CC1. The van der Waals surface area contributed by atoms with Gasteiger partial charge in [0.2, 0.25) is 0 Å². The molecule has 0 bridgehead atoms. The van der Waals surface area contributed by atoms with Crippen LogP contribution in [0.25, 0.3) is 0 Å². The first-order valence-corrected chi connectivity index (χ1v) is 6.04. The van der Waals surface area contributed by atoms with Gasteiger partial charge in [0.05, 0.1) is 5.60 Å². The maximum atomic E-state index is 10.1. The minimum absolute atomic E-state index is 0.167. The molecule has 0 aromatic carbocycles. The minimum Gasteiger partial charge on any atom is -0.390 e. The fraction of sp³-hybridized carbons (Fsp3) is 1.00. The highest BCUT2D eigenvalue weighted by molar-refractivity contribution is 5.14. The van der Waals surface area contributed by atoms with E-state index in [2.05, 4.69) is 0 Å². The van der Waals surface area contributed by atoms with E-state index in [0.717, 1.165) is 30.6 Å². The van der Waals surface area contributed by atoms with Gasteiger partial charge in [-0.3, -0.25) is 0 Å². The summed E-state index contributed by atoms with van der Waals surface area (Å²) in [6.45, 7) is 0. The Hall–Kier alpha value is -0.0400. The van der Waals surface area contributed by atoms with Crippen molar-refractivity contribution in [2.75, 3.05) is 0 Å². The molecule has 0 amide bonds. The van der Waals surface area contributed by atoms with Crippen molar-refractivity contribution >= 4 is 0 Å². The van der Waals surface area contributed by atoms with E-state index >= 15 is 0 Å². The summed E-state index contributed by atoms with van der Waals surface area (Å²) < 4.78 is 0. The molecule has 1 nitrogen and oxygen atoms in total. The normalized spacial score (nSPS) is 47.3. The summed E-state index contributed by atoms with van der Waals surface area (Å²) >= 11 is 0. The molecule has 3 aliphatic rings. The van der Waals surface area contributed by atoms with Gasteiger partial charge in [-0.1, -0.05) is 25.7 Å². The van der Waals surface area contributed by atoms with Crippen LogP contribution in [0.4, 0.5) is 0 Å². The van der Waals surface area contributed by atoms with Gasteiger partial charge in [0.15, 0.2) is 0 Å². The van der Waals surface area contributed by atoms with Gasteiger partial charge >= 0.3 is 0 Å². The molecule has 0 spiro atoms. The molecule has 3 fully saturated rings. The third-order valence-corrected chi connectivity index (χ3v) is 4.54. The number of hydrogen-bond acceptors (Lipinski definition) is 1. The third-order valence-electron chi connectivity index (χ3n) is 4.54. The predicted octanol–water partition coefficient (Wildman–Crippen LogP) is 2.73. The zero-order valence-corrected chi connectivity index (χ0v) is 8.34. The molecular formula is C12H20O. The second kappa shape index (κ2) is 2.73. The molecule has 0 radical (unpaired) electrons. The third kappa shape index (κ3) is 1.32. The fourth-order valence-electron chi connectivity index (χ4n) is 3.60. The first kappa shape index (κ1) is 8.28. The van der Waals surface area contributed by atoms with Gasteiger partial charge in [0.1, 0.15) is 0 Å². The van der Waals surface area contributed by atoms with Crippen LogP contribution in [0, 0.1) is 17.8 Å². The van der Waals surface area contributed by atoms with Crippen LogP contribution in [-0.4, -0.2) is 10.7 Å². The van der Waals surface area contributed by atoms with Crippen molar-refractivity contribution in [3.8, 4) is 0 Å². The van der Waals surface area contributed by atoms with Gasteiger partial charge in [-0.15, -0.1) is 0 Å². The molecule has 0 aromatic rings. The molecule has 3 rings (SSSR count). The van der Waals surface area contributed by atoms with Crippen LogP contribution < -0.4 is 0 Å². The molecule has 3 saturated carbocycles. The summed E-state index contributed by atoms with van der Waals surface area (Å²) in [6, 6.07) is 0. The van der Waals surface area contributed by atoms with Crippen molar-refractivity contribution in [1.29, 1.82) is 0 Å². The van der Waals surface area contributed by atoms with E-state index in [4.69, 9.17) is 0 Å². The average Bonchev–Trinajstić information content (AvgIpc) is 2.91. The van der Waals surface area contributed by atoms with Gasteiger partial charge in [-0.25, -0.2) is 0 Å². The standard InChI is InChI=1S/C12H20O/c13-12(7-8-12)11-9-5-3-1-2-4-6-10(9)11/h9-11,13H,1-8H2/t9-,10+,11?. The lowest BCUT2D eigenvalue weighted by molar-refractivity contribution is 0.114. The molecular weight excluding hydrogens is 160 g/mol. The summed E-state index contributed by atoms with van der Waals surface area (Å²) in [5, 5.41) is 10.1. The first-order valence-electron chi connectivity index (χ1n) is 6.04. The Balaban J connectivity index is 1.66. The van der Waals surface area contributed by atoms with E-state index in [1.54, 1.807) is 0 Å². The molecule has 0 heterocycles. The quantitative estimate of drug-likeness (QED) is 0.658. The van der Waals surface area contributed by atoms with Crippen molar-refractivity contribution in [2.24, 2.45) is 17.8 Å². The molecule has 3 atom stereocenters. The number of rotatable bonds is 1. The Labute approximate surface area is 80.5 Å². The van der Waals surface area contributed by atoms with Crippen molar-refractivity contribution in [3.05, 3.63) is 0 Å². The largest absolute Gasteiger partial charge is 0.390 e. The van der Waals surface area contributed by atoms with E-state index in [1.807, 2.05) is 0 Å². The van der Waals surface area contributed by atoms with E-state index < -0.39 is 0 Å². The fourth-order valence-corrected chi connectivity index (χ4v) is 3.60. The van der Waals surface area contributed by atoms with Crippen LogP contribution in [-0.2, 0) is 0 Å². The molecule has 0 aliphatic heterocycles. The van der Waals surface area contributed by atoms with E-state index in [0.29, 0.717) is 0 Å². The zero-order chi connectivity index (χ0) is 8.89. The number of hydrogen-bond donors (Lipinski definition) is 1. The summed E-state index contributed by atoms with van der Waals surface area (Å²) in [6.07, 6.45) is 10.8. The molecule has 74 valence electrons. The van der Waals surface area contributed by atoms with Crippen LogP contribution in [0.2, 0.25) is 0 Å². The number of aliphatic hydroxyl groups is 1. The summed E-state index contributed by atoms with van der Waals surface area (Å²) in [5.74, 6) is 2.58. The van der Waals surface area contributed by atoms with Gasteiger partial charge in [-0.05, 0) is 43.4 Å². The van der Waals surface area contributed by atoms with E-state index in [-0.39, 0.29) is 5.60 Å². The van der Waals surface area contributed by atoms with Crippen LogP contribution >= 0.6 is 0 Å². The number of fused-ring (bicyclic) bond motifs is 1. The topological polar surface area (TPSA) is 20.2 Å². The summed E-state index contributed by atoms with van der Waals surface area (Å²) in [4.78, 5) is 0. The second-order valence-electron chi connectivity index (χ2n) is 5.45. The smallest absolute Gasteiger partial charge is 0.0683 e. The van der Waals surface area contributed by atoms with Gasteiger partial charge in [-0.2, -0.15) is 0 Å². The Morgan fingerprint density at radius 1 is 0.846 bits per heavy atom. The van der Waals surface area contributed by atoms with Gasteiger partial charge in [0, 0.05) is 0 Å². The molecule has 0 saturated heterocycles. The Morgan fingerprint density at radius 2 is 1.38 bits per heavy atom. The van der Waals surface area contributed by atoms with Crippen molar-refractivity contribution in [1.82, 2.24) is 0 Å². The Morgan fingerprint density at radius 3 is 1.85 bits per heavy atom. The van der Waals surface area contributed by atoms with E-state index in [9.17, 15) is 5.11 Å². The molecule has 1 heteroatoms. The molecule has 1 unspecified atom stereocenters. The van der Waals surface area contributed by atoms with Crippen LogP contribution in [0.3, 0.4) is 0 Å². The van der Waals surface area contributed by atoms with Crippen molar-refractivity contribution in [2.45, 2.75) is 57.0 Å². The highest BCUT2D eigenvalue weighted by atomic mass is 16.3.